The zero-order chi connectivity index (χ0) is 54.9. The zero-order valence-corrected chi connectivity index (χ0v) is 51.1. The summed E-state index contributed by atoms with van der Waals surface area (Å²) in [5.41, 5.74) is 15.3. The van der Waals surface area contributed by atoms with Gasteiger partial charge in [-0.2, -0.15) is 0 Å². The normalized spacial score (nSPS) is 12.3. The fourth-order valence-corrected chi connectivity index (χ4v) is 20.4. The Morgan fingerprint density at radius 1 is 0.265 bits per heavy atom. The number of hydrogen-bond acceptors (Lipinski definition) is 0. The van der Waals surface area contributed by atoms with Gasteiger partial charge in [0.05, 0.1) is 10.8 Å². The average Bonchev–Trinajstić information content (AvgIpc) is 1.67. The molecule has 4 heteroatoms. The number of hydrogen-bond donors (Lipinski definition) is 0. The van der Waals surface area contributed by atoms with E-state index in [0.29, 0.717) is 0 Å². The summed E-state index contributed by atoms with van der Waals surface area (Å²) in [6, 6.07) is 117. The van der Waals surface area contributed by atoms with Crippen LogP contribution >= 0.6 is 15.8 Å². The molecule has 0 spiro atoms. The van der Waals surface area contributed by atoms with E-state index in [1.807, 2.05) is 24.3 Å². The fourth-order valence-electron chi connectivity index (χ4n) is 12.7. The molecule has 0 aliphatic heterocycles. The molecule has 2 aliphatic rings. The van der Waals surface area contributed by atoms with Crippen LogP contribution < -0.4 is 21.2 Å². The third-order valence-corrected chi connectivity index (χ3v) is 23.0. The Labute approximate surface area is 524 Å². The van der Waals surface area contributed by atoms with Crippen molar-refractivity contribution in [1.29, 1.82) is 0 Å². The van der Waals surface area contributed by atoms with Gasteiger partial charge in [0, 0.05) is 0 Å². The van der Waals surface area contributed by atoms with Gasteiger partial charge in [0.15, 0.2) is 5.90 Å². The Bertz CT molecular complexity index is 3720. The van der Waals surface area contributed by atoms with Crippen molar-refractivity contribution in [3.05, 3.63) is 396 Å². The molecule has 0 fully saturated rings. The molecule has 12 aromatic rings. The summed E-state index contributed by atoms with van der Waals surface area (Å²) in [4.78, 5) is 0. The van der Waals surface area contributed by atoms with E-state index in [1.54, 1.807) is 0 Å². The van der Waals surface area contributed by atoms with Crippen molar-refractivity contribution < 1.29 is 44.8 Å². The van der Waals surface area contributed by atoms with Crippen LogP contribution in [0.4, 0.5) is 0 Å². The zero-order valence-electron chi connectivity index (χ0n) is 45.5. The predicted molar refractivity (Wildman–Crippen MR) is 346 cm³/mol. The third kappa shape index (κ3) is 11.1. The van der Waals surface area contributed by atoms with Crippen molar-refractivity contribution in [3.63, 3.8) is 0 Å². The van der Waals surface area contributed by atoms with Gasteiger partial charge in [-0.15, -0.1) is 23.3 Å². The molecule has 0 amide bonds. The monoisotopic (exact) mass is 1370 g/mol. The van der Waals surface area contributed by atoms with E-state index in [2.05, 4.69) is 315 Å². The second-order valence-corrected chi connectivity index (χ2v) is 26.0. The van der Waals surface area contributed by atoms with Gasteiger partial charge in [0.2, 0.25) is 0 Å². The summed E-state index contributed by atoms with van der Waals surface area (Å²) < 4.78 is 0. The van der Waals surface area contributed by atoms with Gasteiger partial charge in [-0.3, -0.25) is 11.8 Å². The molecule has 0 saturated heterocycles. The van der Waals surface area contributed by atoms with E-state index < -0.39 is 26.7 Å². The molecule has 0 unspecified atom stereocenters. The van der Waals surface area contributed by atoms with Crippen molar-refractivity contribution in [1.82, 2.24) is 0 Å². The van der Waals surface area contributed by atoms with E-state index in [9.17, 15) is 0 Å². The maximum Gasteiger partial charge on any atom is 1.00 e. The SMILES string of the molecule is [Ag+].[Au+].[C-]#Cc1cccc2c1C(c1ccccc1)(c1ccccc1)c1ccccc1-2.[C-]#Cc1cccc2c1C(c1ccccc1)(c1ccccc1)c1ccccc1-2.c1ccc([PH+](C[PH+](c2ccccc2)c2ccccc2)c2ccccc2)cc1. The van der Waals surface area contributed by atoms with Gasteiger partial charge >= 0.3 is 44.8 Å². The smallest absolute Gasteiger partial charge is 0.366 e. The van der Waals surface area contributed by atoms with Gasteiger partial charge in [-0.25, -0.2) is 0 Å². The van der Waals surface area contributed by atoms with Crippen molar-refractivity contribution in [3.8, 4) is 34.1 Å². The van der Waals surface area contributed by atoms with E-state index >= 15 is 0 Å². The largest absolute Gasteiger partial charge is 1.00 e. The summed E-state index contributed by atoms with van der Waals surface area (Å²) in [7, 11) is -1.69. The summed E-state index contributed by atoms with van der Waals surface area (Å²) in [5.74, 6) is 6.66. The Morgan fingerprint density at radius 2 is 0.494 bits per heavy atom. The fraction of sp³-hybridized carbons (Fsp3) is 0.0380. The molecule has 0 heterocycles. The first-order valence-corrected chi connectivity index (χ1v) is 31.0. The number of fused-ring (bicyclic) bond motifs is 6. The maximum atomic E-state index is 7.97. The van der Waals surface area contributed by atoms with Crippen LogP contribution in [0, 0.1) is 24.7 Å². The van der Waals surface area contributed by atoms with Gasteiger partial charge in [0.1, 0.15) is 37.1 Å². The Kier molecular flexibility index (Phi) is 19.0. The standard InChI is InChI=1S/2C27H17.C25H22P2.Ag.Au/c2*1-2-20-12-11-18-24-23-17-9-10-19-25(23)27(26(20)24,21-13-5-3-6-14-21)22-15-7-4-8-16-22;1-5-13-22(14-6-1)26(23-15-7-2-8-16-23)21-27(24-17-9-3-10-18-24)25-19-11-4-12-20-25;;/h2*3-19H;1-20H,21H2;;/q2*-1;;2*+1/p+2. The average molecular weight is 1370 g/mol. The van der Waals surface area contributed by atoms with Crippen molar-refractivity contribution in [2.75, 3.05) is 5.90 Å². The van der Waals surface area contributed by atoms with Crippen LogP contribution in [0.5, 0.6) is 0 Å². The minimum Gasteiger partial charge on any atom is -0.366 e. The van der Waals surface area contributed by atoms with Gasteiger partial charge in [0.25, 0.3) is 0 Å². The topological polar surface area (TPSA) is 0 Å². The van der Waals surface area contributed by atoms with Crippen LogP contribution in [0.2, 0.25) is 0 Å². The Morgan fingerprint density at radius 3 is 0.759 bits per heavy atom. The van der Waals surface area contributed by atoms with Crippen LogP contribution in [0.3, 0.4) is 0 Å². The van der Waals surface area contributed by atoms with E-state index in [-0.39, 0.29) is 44.8 Å². The predicted octanol–water partition coefficient (Wildman–Crippen LogP) is 16.6. The van der Waals surface area contributed by atoms with E-state index in [0.717, 1.165) is 22.3 Å². The molecule has 14 rings (SSSR count). The molecule has 83 heavy (non-hydrogen) atoms. The minimum atomic E-state index is -0.847. The van der Waals surface area contributed by atoms with E-state index in [1.165, 1.54) is 82.8 Å². The third-order valence-electron chi connectivity index (χ3n) is 16.1. The van der Waals surface area contributed by atoms with Crippen LogP contribution in [-0.2, 0) is 55.6 Å². The minimum absolute atomic E-state index is 0. The molecular weight excluding hydrogens is 1320 g/mol. The van der Waals surface area contributed by atoms with Gasteiger partial charge in [-0.1, -0.05) is 278 Å². The maximum absolute atomic E-state index is 7.97. The number of rotatable bonds is 10. The van der Waals surface area contributed by atoms with E-state index in [4.69, 9.17) is 12.8 Å². The molecule has 0 nitrogen and oxygen atoms in total. The molecule has 0 bridgehead atoms. The van der Waals surface area contributed by atoms with Gasteiger partial charge in [-0.05, 0) is 104 Å². The van der Waals surface area contributed by atoms with Gasteiger partial charge < -0.3 is 12.8 Å². The number of benzene rings is 12. The molecule has 404 valence electrons. The van der Waals surface area contributed by atoms with Crippen LogP contribution in [0.25, 0.3) is 22.3 Å². The summed E-state index contributed by atoms with van der Waals surface area (Å²) in [5, 5.41) is 6.01. The molecular formula is C79H58AgAuP2+2. The summed E-state index contributed by atoms with van der Waals surface area (Å²) in [6.45, 7) is 0. The Balaban J connectivity index is 0.000000137. The molecule has 0 atom stereocenters. The first-order chi connectivity index (χ1) is 40.2. The van der Waals surface area contributed by atoms with Crippen molar-refractivity contribution in [2.45, 2.75) is 10.8 Å². The second-order valence-electron chi connectivity index (χ2n) is 20.4. The Hall–Kier alpha value is -7.90. The molecule has 12 aromatic carbocycles. The molecule has 0 N–H and O–H groups in total. The quantitative estimate of drug-likeness (QED) is 0.0554. The van der Waals surface area contributed by atoms with Crippen LogP contribution in [0.15, 0.2) is 328 Å². The summed E-state index contributed by atoms with van der Waals surface area (Å²) >= 11 is 0. The van der Waals surface area contributed by atoms with Crippen LogP contribution in [0.1, 0.15) is 55.6 Å². The molecule has 0 saturated carbocycles. The first kappa shape index (κ1) is 58.3. The molecule has 0 radical (unpaired) electrons. The molecule has 2 aliphatic carbocycles. The van der Waals surface area contributed by atoms with Crippen LogP contribution in [-0.4, -0.2) is 5.90 Å². The first-order valence-electron chi connectivity index (χ1n) is 27.6. The van der Waals surface area contributed by atoms with Crippen molar-refractivity contribution in [2.24, 2.45) is 0 Å². The second kappa shape index (κ2) is 27.0. The summed E-state index contributed by atoms with van der Waals surface area (Å²) in [6.07, 6.45) is 15.9. The van der Waals surface area contributed by atoms with Crippen molar-refractivity contribution >= 4 is 37.1 Å². The molecule has 0 aromatic heterocycles.